The number of nitrogens with two attached hydrogens (primary N) is 1. The van der Waals surface area contributed by atoms with Gasteiger partial charge in [-0.15, -0.1) is 32.9 Å². The van der Waals surface area contributed by atoms with Crippen molar-refractivity contribution in [2.24, 2.45) is 0 Å². The van der Waals surface area contributed by atoms with E-state index in [1.165, 1.54) is 16.4 Å². The maximum absolute atomic E-state index is 12.2. The van der Waals surface area contributed by atoms with Crippen LogP contribution in [0.3, 0.4) is 0 Å². The minimum absolute atomic E-state index is 0.0518. The first-order valence-electron chi connectivity index (χ1n) is 6.86. The molecule has 1 amide bonds. The predicted molar refractivity (Wildman–Crippen MR) is 95.0 cm³/mol. The van der Waals surface area contributed by atoms with E-state index in [9.17, 15) is 4.79 Å². The maximum Gasteiger partial charge on any atom is 0.233 e. The van der Waals surface area contributed by atoms with Gasteiger partial charge in [-0.2, -0.15) is 0 Å². The molecule has 0 aliphatic carbocycles. The van der Waals surface area contributed by atoms with Gasteiger partial charge >= 0.3 is 0 Å². The highest BCUT2D eigenvalue weighted by Crippen LogP contribution is 2.27. The number of carbonyl (C=O) groups excluding carboxylic acids is 1. The molecule has 0 spiro atoms. The van der Waals surface area contributed by atoms with Gasteiger partial charge in [-0.05, 0) is 29.8 Å². The SMILES string of the molecule is CC(Sc1nnc(-c2cccs2)n1N)C(=O)NCc1cccs1. The second kappa shape index (κ2) is 7.16. The Morgan fingerprint density at radius 3 is 2.83 bits per heavy atom. The Bertz CT molecular complexity index is 767. The molecule has 0 fully saturated rings. The summed E-state index contributed by atoms with van der Waals surface area (Å²) in [6, 6.07) is 7.83. The Kier molecular flexibility index (Phi) is 4.99. The highest BCUT2D eigenvalue weighted by Gasteiger charge is 2.20. The molecule has 1 atom stereocenters. The lowest BCUT2D eigenvalue weighted by atomic mass is 10.4. The Labute approximate surface area is 145 Å². The van der Waals surface area contributed by atoms with Crippen LogP contribution in [-0.4, -0.2) is 26.0 Å². The topological polar surface area (TPSA) is 85.8 Å². The van der Waals surface area contributed by atoms with Gasteiger partial charge in [-0.1, -0.05) is 23.9 Å². The highest BCUT2D eigenvalue weighted by molar-refractivity contribution is 8.00. The Balaban J connectivity index is 1.61. The van der Waals surface area contributed by atoms with Gasteiger partial charge in [-0.25, -0.2) is 4.68 Å². The lowest BCUT2D eigenvalue weighted by Gasteiger charge is -2.10. The van der Waals surface area contributed by atoms with E-state index < -0.39 is 0 Å². The zero-order valence-corrected chi connectivity index (χ0v) is 14.8. The van der Waals surface area contributed by atoms with E-state index in [0.29, 0.717) is 17.5 Å². The number of carbonyl (C=O) groups is 1. The molecule has 0 saturated heterocycles. The fourth-order valence-electron chi connectivity index (χ4n) is 1.87. The van der Waals surface area contributed by atoms with Crippen LogP contribution in [0.2, 0.25) is 0 Å². The average Bonchev–Trinajstić information content (AvgIpc) is 3.27. The third kappa shape index (κ3) is 3.74. The molecule has 3 N–H and O–H groups in total. The second-order valence-corrected chi connectivity index (χ2v) is 8.00. The standard InChI is InChI=1S/C14H15N5OS3/c1-9(13(20)16-8-10-4-2-6-21-10)23-14-18-17-12(19(14)15)11-5-3-7-22-11/h2-7,9H,8,15H2,1H3,(H,16,20). The molecule has 6 nitrogen and oxygen atoms in total. The molecule has 0 saturated carbocycles. The van der Waals surface area contributed by atoms with E-state index in [2.05, 4.69) is 15.5 Å². The van der Waals surface area contributed by atoms with Crippen LogP contribution in [0.1, 0.15) is 11.8 Å². The summed E-state index contributed by atoms with van der Waals surface area (Å²) in [5.74, 6) is 6.60. The molecule has 120 valence electrons. The molecule has 0 aromatic carbocycles. The average molecular weight is 366 g/mol. The van der Waals surface area contributed by atoms with Gasteiger partial charge in [-0.3, -0.25) is 4.79 Å². The van der Waals surface area contributed by atoms with Gasteiger partial charge in [0, 0.05) is 4.88 Å². The van der Waals surface area contributed by atoms with Crippen molar-refractivity contribution in [2.75, 3.05) is 5.84 Å². The molecular weight excluding hydrogens is 350 g/mol. The molecule has 0 aliphatic rings. The van der Waals surface area contributed by atoms with Crippen LogP contribution in [0, 0.1) is 0 Å². The van der Waals surface area contributed by atoms with Crippen LogP contribution in [0.25, 0.3) is 10.7 Å². The van der Waals surface area contributed by atoms with Gasteiger partial charge in [0.05, 0.1) is 16.7 Å². The number of thioether (sulfide) groups is 1. The highest BCUT2D eigenvalue weighted by atomic mass is 32.2. The monoisotopic (exact) mass is 365 g/mol. The molecular formula is C14H15N5OS3. The molecule has 3 heterocycles. The Morgan fingerprint density at radius 1 is 1.35 bits per heavy atom. The number of nitrogen functional groups attached to an aromatic ring is 1. The van der Waals surface area contributed by atoms with Crippen LogP contribution in [0.5, 0.6) is 0 Å². The van der Waals surface area contributed by atoms with E-state index in [-0.39, 0.29) is 11.2 Å². The zero-order valence-electron chi connectivity index (χ0n) is 12.3. The predicted octanol–water partition coefficient (Wildman–Crippen LogP) is 2.58. The Hall–Kier alpha value is -1.84. The summed E-state index contributed by atoms with van der Waals surface area (Å²) >= 11 is 4.46. The number of thiophene rings is 2. The third-order valence-electron chi connectivity index (χ3n) is 3.07. The van der Waals surface area contributed by atoms with Crippen molar-refractivity contribution in [3.8, 4) is 10.7 Å². The van der Waals surface area contributed by atoms with E-state index >= 15 is 0 Å². The molecule has 1 unspecified atom stereocenters. The van der Waals surface area contributed by atoms with Crippen molar-refractivity contribution in [3.63, 3.8) is 0 Å². The molecule has 9 heteroatoms. The van der Waals surface area contributed by atoms with Gasteiger partial charge in [0.25, 0.3) is 0 Å². The second-order valence-electron chi connectivity index (χ2n) is 4.71. The number of hydrogen-bond acceptors (Lipinski definition) is 7. The van der Waals surface area contributed by atoms with Crippen LogP contribution in [0.15, 0.2) is 40.2 Å². The number of nitrogens with one attached hydrogen (secondary N) is 1. The first kappa shape index (κ1) is 16.0. The van der Waals surface area contributed by atoms with Crippen molar-refractivity contribution in [3.05, 3.63) is 39.9 Å². The Morgan fingerprint density at radius 2 is 2.13 bits per heavy atom. The third-order valence-corrected chi connectivity index (χ3v) is 5.87. The molecule has 3 rings (SSSR count). The van der Waals surface area contributed by atoms with Crippen LogP contribution in [-0.2, 0) is 11.3 Å². The minimum Gasteiger partial charge on any atom is -0.350 e. The number of aromatic nitrogens is 3. The van der Waals surface area contributed by atoms with Crippen molar-refractivity contribution in [1.82, 2.24) is 20.2 Å². The quantitative estimate of drug-likeness (QED) is 0.518. The summed E-state index contributed by atoms with van der Waals surface area (Å²) in [5, 5.41) is 15.3. The number of nitrogens with zero attached hydrogens (tertiary/aromatic N) is 3. The van der Waals surface area contributed by atoms with Gasteiger partial charge in [0.15, 0.2) is 5.82 Å². The number of hydrogen-bond donors (Lipinski definition) is 2. The van der Waals surface area contributed by atoms with E-state index in [1.807, 2.05) is 41.9 Å². The maximum atomic E-state index is 12.2. The van der Waals surface area contributed by atoms with Crippen LogP contribution >= 0.6 is 34.4 Å². The molecule has 23 heavy (non-hydrogen) atoms. The molecule has 3 aromatic heterocycles. The largest absolute Gasteiger partial charge is 0.350 e. The van der Waals surface area contributed by atoms with Gasteiger partial charge < -0.3 is 11.2 Å². The summed E-state index contributed by atoms with van der Waals surface area (Å²) in [6.45, 7) is 2.37. The fraction of sp³-hybridized carbons (Fsp3) is 0.214. The first-order valence-corrected chi connectivity index (χ1v) is 9.50. The summed E-state index contributed by atoms with van der Waals surface area (Å²) < 4.78 is 1.43. The first-order chi connectivity index (χ1) is 11.1. The lowest BCUT2D eigenvalue weighted by molar-refractivity contribution is -0.120. The normalized spacial score (nSPS) is 12.2. The minimum atomic E-state index is -0.308. The van der Waals surface area contributed by atoms with E-state index in [4.69, 9.17) is 5.84 Å². The zero-order chi connectivity index (χ0) is 16.2. The molecule has 0 radical (unpaired) electrons. The van der Waals surface area contributed by atoms with Gasteiger partial charge in [0.2, 0.25) is 11.1 Å². The van der Waals surface area contributed by atoms with Crippen molar-refractivity contribution >= 4 is 40.3 Å². The van der Waals surface area contributed by atoms with E-state index in [1.54, 1.807) is 22.7 Å². The van der Waals surface area contributed by atoms with Crippen LogP contribution in [0.4, 0.5) is 0 Å². The smallest absolute Gasteiger partial charge is 0.233 e. The van der Waals surface area contributed by atoms with Crippen LogP contribution < -0.4 is 11.2 Å². The van der Waals surface area contributed by atoms with Crippen molar-refractivity contribution < 1.29 is 4.79 Å². The summed E-state index contributed by atoms with van der Waals surface area (Å²) in [5.41, 5.74) is 0. The van der Waals surface area contributed by atoms with Gasteiger partial charge in [0.1, 0.15) is 0 Å². The molecule has 0 aliphatic heterocycles. The fourth-order valence-corrected chi connectivity index (χ4v) is 4.02. The summed E-state index contributed by atoms with van der Waals surface area (Å²) in [7, 11) is 0. The summed E-state index contributed by atoms with van der Waals surface area (Å²) in [6.07, 6.45) is 0. The number of rotatable bonds is 6. The van der Waals surface area contributed by atoms with Crippen molar-refractivity contribution in [1.29, 1.82) is 0 Å². The van der Waals surface area contributed by atoms with Crippen molar-refractivity contribution in [2.45, 2.75) is 23.9 Å². The molecule has 0 bridgehead atoms. The molecule has 3 aromatic rings. The van der Waals surface area contributed by atoms with E-state index in [0.717, 1.165) is 9.75 Å². The number of amides is 1. The summed E-state index contributed by atoms with van der Waals surface area (Å²) in [4.78, 5) is 14.2. The lowest BCUT2D eigenvalue weighted by Crippen LogP contribution is -2.30.